The first-order chi connectivity index (χ1) is 16.5. The van der Waals surface area contributed by atoms with E-state index in [-0.39, 0.29) is 5.75 Å². The van der Waals surface area contributed by atoms with Gasteiger partial charge in [-0.15, -0.1) is 0 Å². The van der Waals surface area contributed by atoms with Crippen molar-refractivity contribution in [2.75, 3.05) is 5.75 Å². The smallest absolute Gasteiger partial charge is 0.238 e. The third-order valence-corrected chi connectivity index (χ3v) is 7.77. The third kappa shape index (κ3) is 6.20. The Morgan fingerprint density at radius 2 is 1.47 bits per heavy atom. The molecule has 0 fully saturated rings. The molecule has 0 saturated carbocycles. The Labute approximate surface area is 202 Å². The van der Waals surface area contributed by atoms with Gasteiger partial charge in [0.2, 0.25) is 0 Å². The first-order valence-electron chi connectivity index (χ1n) is 12.0. The summed E-state index contributed by atoms with van der Waals surface area (Å²) in [5.74, 6) is 0.998. The number of rotatable bonds is 11. The first kappa shape index (κ1) is 23.9. The number of aromatic nitrogens is 3. The van der Waals surface area contributed by atoms with Gasteiger partial charge in [0.25, 0.3) is 0 Å². The van der Waals surface area contributed by atoms with Gasteiger partial charge in [0.05, 0.1) is 23.0 Å². The zero-order valence-electron chi connectivity index (χ0n) is 19.7. The van der Waals surface area contributed by atoms with Crippen molar-refractivity contribution in [3.63, 3.8) is 0 Å². The van der Waals surface area contributed by atoms with Gasteiger partial charge in [-0.2, -0.15) is 0 Å². The van der Waals surface area contributed by atoms with Gasteiger partial charge in [-0.25, -0.2) is 18.0 Å². The van der Waals surface area contributed by atoms with Crippen LogP contribution in [0, 0.1) is 0 Å². The number of benzene rings is 2. The highest BCUT2D eigenvalue weighted by atomic mass is 32.2. The Balaban J connectivity index is 1.34. The molecule has 4 aromatic rings. The maximum atomic E-state index is 12.6. The molecular formula is C28H32N3O2S+. The number of sulfone groups is 1. The fraction of sp³-hybridized carbons (Fsp3) is 0.286. The van der Waals surface area contributed by atoms with E-state index >= 15 is 0 Å². The normalized spacial score (nSPS) is 12.0. The van der Waals surface area contributed by atoms with E-state index in [0.29, 0.717) is 4.90 Å². The molecule has 0 radical (unpaired) electrons. The van der Waals surface area contributed by atoms with Gasteiger partial charge >= 0.3 is 5.95 Å². The minimum absolute atomic E-state index is 0.226. The van der Waals surface area contributed by atoms with Gasteiger partial charge < -0.3 is 0 Å². The van der Waals surface area contributed by atoms with Crippen molar-refractivity contribution in [2.24, 2.45) is 0 Å². The summed E-state index contributed by atoms with van der Waals surface area (Å²) in [4.78, 5) is 8.33. The second kappa shape index (κ2) is 11.3. The minimum Gasteiger partial charge on any atom is -0.238 e. The molecule has 1 N–H and O–H groups in total. The fourth-order valence-corrected chi connectivity index (χ4v) is 5.29. The van der Waals surface area contributed by atoms with E-state index in [1.165, 1.54) is 19.3 Å². The zero-order valence-corrected chi connectivity index (χ0v) is 20.5. The maximum absolute atomic E-state index is 12.6. The highest BCUT2D eigenvalue weighted by Gasteiger charge is 2.14. The van der Waals surface area contributed by atoms with E-state index in [9.17, 15) is 8.42 Å². The zero-order chi connectivity index (χ0) is 23.8. The third-order valence-electron chi connectivity index (χ3n) is 5.95. The molecule has 5 nitrogen and oxygen atoms in total. The second-order valence-electron chi connectivity index (χ2n) is 8.61. The van der Waals surface area contributed by atoms with Crippen molar-refractivity contribution >= 4 is 33.0 Å². The molecule has 176 valence electrons. The lowest BCUT2D eigenvalue weighted by atomic mass is 10.1. The van der Waals surface area contributed by atoms with Crippen molar-refractivity contribution in [2.45, 2.75) is 50.3 Å². The average molecular weight is 475 g/mol. The van der Waals surface area contributed by atoms with Gasteiger partial charge in [-0.3, -0.25) is 0 Å². The lowest BCUT2D eigenvalue weighted by Crippen LogP contribution is -2.30. The first-order valence-corrected chi connectivity index (χ1v) is 13.7. The minimum atomic E-state index is -3.21. The molecule has 2 aromatic heterocycles. The Morgan fingerprint density at radius 3 is 2.18 bits per heavy atom. The highest BCUT2D eigenvalue weighted by molar-refractivity contribution is 7.91. The number of imidazole rings is 1. The highest BCUT2D eigenvalue weighted by Crippen LogP contribution is 2.17. The van der Waals surface area contributed by atoms with Crippen LogP contribution in [0.2, 0.25) is 0 Å². The number of nitrogens with one attached hydrogen (secondary N) is 1. The largest absolute Gasteiger partial charge is 0.401 e. The molecule has 0 bridgehead atoms. The molecule has 0 aliphatic carbocycles. The van der Waals surface area contributed by atoms with E-state index in [1.807, 2.05) is 77.6 Å². The fourth-order valence-electron chi connectivity index (χ4n) is 3.92. The van der Waals surface area contributed by atoms with E-state index in [2.05, 4.69) is 16.9 Å². The summed E-state index contributed by atoms with van der Waals surface area (Å²) in [6, 6.07) is 19.1. The van der Waals surface area contributed by atoms with Crippen LogP contribution in [0.1, 0.15) is 56.6 Å². The van der Waals surface area contributed by atoms with E-state index in [4.69, 9.17) is 0 Å². The van der Waals surface area contributed by atoms with Gasteiger partial charge in [0.15, 0.2) is 15.4 Å². The van der Waals surface area contributed by atoms with Crippen LogP contribution in [0.25, 0.3) is 29.1 Å². The molecule has 0 saturated heterocycles. The summed E-state index contributed by atoms with van der Waals surface area (Å²) < 4.78 is 27.1. The van der Waals surface area contributed by atoms with Crippen LogP contribution in [0.4, 0.5) is 0 Å². The van der Waals surface area contributed by atoms with E-state index < -0.39 is 9.84 Å². The van der Waals surface area contributed by atoms with Crippen LogP contribution < -0.4 is 4.57 Å². The number of H-pyrrole nitrogens is 1. The number of hydrogen-bond donors (Lipinski definition) is 1. The van der Waals surface area contributed by atoms with Crippen LogP contribution in [-0.4, -0.2) is 24.1 Å². The average Bonchev–Trinajstić information content (AvgIpc) is 3.30. The summed E-state index contributed by atoms with van der Waals surface area (Å²) in [5.41, 5.74) is 3.96. The van der Waals surface area contributed by atoms with Gasteiger partial charge in [0, 0.05) is 0 Å². The van der Waals surface area contributed by atoms with Crippen molar-refractivity contribution < 1.29 is 13.0 Å². The second-order valence-corrected chi connectivity index (χ2v) is 10.7. The van der Waals surface area contributed by atoms with Gasteiger partial charge in [-0.05, 0) is 53.9 Å². The van der Waals surface area contributed by atoms with Crippen LogP contribution >= 0.6 is 0 Å². The van der Waals surface area contributed by atoms with Crippen LogP contribution in [0.5, 0.6) is 0 Å². The number of unbranched alkanes of at least 4 members (excludes halogenated alkanes) is 5. The van der Waals surface area contributed by atoms with E-state index in [0.717, 1.165) is 47.4 Å². The molecule has 34 heavy (non-hydrogen) atoms. The predicted octanol–water partition coefficient (Wildman–Crippen LogP) is 6.14. The molecule has 2 aromatic carbocycles. The number of hydrogen-bond acceptors (Lipinski definition) is 3. The predicted molar refractivity (Wildman–Crippen MR) is 138 cm³/mol. The molecule has 2 heterocycles. The van der Waals surface area contributed by atoms with Crippen LogP contribution in [0.3, 0.4) is 0 Å². The SMILES string of the molecule is CCCCCCCCS(=O)(=O)c1ccc(/C=C/c2cc[n+](-c3nc4ccccc4[nH]3)cc2)cc1. The number of nitrogens with zero attached hydrogens (tertiary/aromatic N) is 2. The summed E-state index contributed by atoms with van der Waals surface area (Å²) in [6.07, 6.45) is 14.4. The summed E-state index contributed by atoms with van der Waals surface area (Å²) in [5, 5.41) is 0. The molecule has 0 spiro atoms. The monoisotopic (exact) mass is 474 g/mol. The number of para-hydroxylation sites is 2. The Hall–Kier alpha value is -3.25. The molecule has 0 aliphatic heterocycles. The van der Waals surface area contributed by atoms with Crippen molar-refractivity contribution in [3.8, 4) is 5.95 Å². The van der Waals surface area contributed by atoms with Crippen LogP contribution in [0.15, 0.2) is 78.0 Å². The molecule has 0 atom stereocenters. The lowest BCUT2D eigenvalue weighted by molar-refractivity contribution is -0.603. The number of pyridine rings is 1. The Morgan fingerprint density at radius 1 is 0.824 bits per heavy atom. The van der Waals surface area contributed by atoms with Gasteiger partial charge in [-0.1, -0.05) is 80.4 Å². The standard InChI is InChI=1S/C28H32N3O2S/c1-2-3-4-5-6-9-22-34(32,33)25-16-14-23(15-17-25)12-13-24-18-20-31(21-19-24)28-29-26-10-7-8-11-27(26)30-28/h7-8,10-21H,2-6,9,22H2,1H3,(H,29,30)/q+1/b13-12+. The molecular weight excluding hydrogens is 442 g/mol. The lowest BCUT2D eigenvalue weighted by Gasteiger charge is -2.05. The number of aromatic amines is 1. The van der Waals surface area contributed by atoms with Gasteiger partial charge in [0.1, 0.15) is 5.52 Å². The summed E-state index contributed by atoms with van der Waals surface area (Å²) in [6.45, 7) is 2.18. The summed E-state index contributed by atoms with van der Waals surface area (Å²) in [7, 11) is -3.21. The van der Waals surface area contributed by atoms with Crippen molar-refractivity contribution in [1.29, 1.82) is 0 Å². The van der Waals surface area contributed by atoms with Crippen molar-refractivity contribution in [1.82, 2.24) is 9.97 Å². The Kier molecular flexibility index (Phi) is 7.91. The topological polar surface area (TPSA) is 66.7 Å². The summed E-state index contributed by atoms with van der Waals surface area (Å²) >= 11 is 0. The molecule has 6 heteroatoms. The quantitative estimate of drug-likeness (QED) is 0.210. The molecule has 0 aliphatic rings. The Bertz CT molecular complexity index is 1310. The number of fused-ring (bicyclic) bond motifs is 1. The molecule has 0 unspecified atom stereocenters. The molecule has 0 amide bonds. The van der Waals surface area contributed by atoms with E-state index in [1.54, 1.807) is 12.1 Å². The maximum Gasteiger partial charge on any atom is 0.401 e. The molecule has 4 rings (SSSR count). The van der Waals surface area contributed by atoms with Crippen molar-refractivity contribution in [3.05, 3.63) is 84.2 Å². The van der Waals surface area contributed by atoms with Crippen LogP contribution in [-0.2, 0) is 9.84 Å².